The third kappa shape index (κ3) is 2.49. The SMILES string of the molecule is COc1ccccc1-n1c(=O)[nH]c2cc(S(=O)(=O)N(C)C)ccc21. The molecule has 3 rings (SSSR count). The summed E-state index contributed by atoms with van der Waals surface area (Å²) in [6, 6.07) is 11.7. The maximum atomic E-state index is 12.4. The third-order valence-corrected chi connectivity index (χ3v) is 5.57. The van der Waals surface area contributed by atoms with E-state index in [1.165, 1.54) is 37.9 Å². The van der Waals surface area contributed by atoms with Crippen molar-refractivity contribution in [3.8, 4) is 11.4 Å². The second-order valence-electron chi connectivity index (χ2n) is 5.40. The van der Waals surface area contributed by atoms with Crippen molar-refractivity contribution in [3.63, 3.8) is 0 Å². The number of benzene rings is 2. The number of para-hydroxylation sites is 2. The number of ether oxygens (including phenoxy) is 1. The Kier molecular flexibility index (Phi) is 3.94. The summed E-state index contributed by atoms with van der Waals surface area (Å²) in [5.74, 6) is 0.547. The predicted octanol–water partition coefficient (Wildman–Crippen LogP) is 1.58. The topological polar surface area (TPSA) is 84.4 Å². The molecular formula is C16H17N3O4S. The summed E-state index contributed by atoms with van der Waals surface area (Å²) < 4.78 is 32.4. The molecule has 126 valence electrons. The van der Waals surface area contributed by atoms with E-state index >= 15 is 0 Å². The molecule has 0 atom stereocenters. The van der Waals surface area contributed by atoms with Crippen molar-refractivity contribution in [2.45, 2.75) is 4.90 Å². The molecule has 1 N–H and O–H groups in total. The van der Waals surface area contributed by atoms with Gasteiger partial charge in [-0.25, -0.2) is 17.5 Å². The number of rotatable bonds is 4. The number of methoxy groups -OCH3 is 1. The van der Waals surface area contributed by atoms with Crippen molar-refractivity contribution in [1.82, 2.24) is 13.9 Å². The quantitative estimate of drug-likeness (QED) is 0.776. The van der Waals surface area contributed by atoms with Crippen molar-refractivity contribution < 1.29 is 13.2 Å². The molecule has 0 aliphatic carbocycles. The Bertz CT molecular complexity index is 1060. The Morgan fingerprint density at radius 3 is 2.50 bits per heavy atom. The van der Waals surface area contributed by atoms with Crippen LogP contribution in [0.1, 0.15) is 0 Å². The van der Waals surface area contributed by atoms with Crippen LogP contribution in [0.5, 0.6) is 5.75 Å². The minimum absolute atomic E-state index is 0.119. The number of sulfonamides is 1. The predicted molar refractivity (Wildman–Crippen MR) is 91.3 cm³/mol. The van der Waals surface area contributed by atoms with Crippen LogP contribution in [0.4, 0.5) is 0 Å². The first-order valence-corrected chi connectivity index (χ1v) is 8.61. The van der Waals surface area contributed by atoms with E-state index < -0.39 is 10.0 Å². The lowest BCUT2D eigenvalue weighted by Crippen LogP contribution is -2.22. The van der Waals surface area contributed by atoms with Gasteiger partial charge < -0.3 is 9.72 Å². The van der Waals surface area contributed by atoms with Crippen LogP contribution in [0.2, 0.25) is 0 Å². The van der Waals surface area contributed by atoms with E-state index in [0.717, 1.165) is 4.31 Å². The maximum Gasteiger partial charge on any atom is 0.331 e. The summed E-state index contributed by atoms with van der Waals surface area (Å²) in [5, 5.41) is 0. The number of fused-ring (bicyclic) bond motifs is 1. The fourth-order valence-electron chi connectivity index (χ4n) is 2.52. The zero-order chi connectivity index (χ0) is 17.5. The number of H-pyrrole nitrogens is 1. The van der Waals surface area contributed by atoms with Gasteiger partial charge in [0.15, 0.2) is 0 Å². The minimum atomic E-state index is -3.57. The number of nitrogens with one attached hydrogen (secondary N) is 1. The second kappa shape index (κ2) is 5.81. The van der Waals surface area contributed by atoms with Gasteiger partial charge in [0.25, 0.3) is 0 Å². The normalized spacial score (nSPS) is 12.0. The molecule has 7 nitrogen and oxygen atoms in total. The highest BCUT2D eigenvalue weighted by atomic mass is 32.2. The molecule has 1 aromatic heterocycles. The van der Waals surface area contributed by atoms with Gasteiger partial charge in [-0.2, -0.15) is 0 Å². The number of aromatic nitrogens is 2. The summed E-state index contributed by atoms with van der Waals surface area (Å²) in [6.45, 7) is 0. The van der Waals surface area contributed by atoms with Crippen LogP contribution in [0.3, 0.4) is 0 Å². The van der Waals surface area contributed by atoms with Crippen LogP contribution in [-0.2, 0) is 10.0 Å². The minimum Gasteiger partial charge on any atom is -0.495 e. The van der Waals surface area contributed by atoms with Gasteiger partial charge in [0, 0.05) is 14.1 Å². The summed E-state index contributed by atoms with van der Waals surface area (Å²) in [5.41, 5.74) is 1.23. The lowest BCUT2D eigenvalue weighted by molar-refractivity contribution is 0.413. The van der Waals surface area contributed by atoms with E-state index in [0.29, 0.717) is 22.5 Å². The van der Waals surface area contributed by atoms with Gasteiger partial charge in [-0.3, -0.25) is 4.57 Å². The van der Waals surface area contributed by atoms with Crippen LogP contribution in [-0.4, -0.2) is 43.5 Å². The number of aromatic amines is 1. The summed E-state index contributed by atoms with van der Waals surface area (Å²) in [6.07, 6.45) is 0. The first-order valence-electron chi connectivity index (χ1n) is 7.17. The van der Waals surface area contributed by atoms with E-state index in [1.54, 1.807) is 24.3 Å². The van der Waals surface area contributed by atoms with E-state index in [-0.39, 0.29) is 10.6 Å². The van der Waals surface area contributed by atoms with Crippen molar-refractivity contribution in [2.75, 3.05) is 21.2 Å². The molecule has 0 spiro atoms. The van der Waals surface area contributed by atoms with Gasteiger partial charge >= 0.3 is 5.69 Å². The Hall–Kier alpha value is -2.58. The zero-order valence-corrected chi connectivity index (χ0v) is 14.3. The highest BCUT2D eigenvalue weighted by Crippen LogP contribution is 2.26. The third-order valence-electron chi connectivity index (χ3n) is 3.76. The molecule has 3 aromatic rings. The van der Waals surface area contributed by atoms with Crippen molar-refractivity contribution in [3.05, 3.63) is 52.9 Å². The van der Waals surface area contributed by atoms with Crippen molar-refractivity contribution in [2.24, 2.45) is 0 Å². The molecule has 0 aliphatic rings. The first-order chi connectivity index (χ1) is 11.4. The van der Waals surface area contributed by atoms with Crippen LogP contribution in [0, 0.1) is 0 Å². The molecule has 24 heavy (non-hydrogen) atoms. The molecule has 0 saturated heterocycles. The molecule has 0 bridgehead atoms. The second-order valence-corrected chi connectivity index (χ2v) is 7.56. The standard InChI is InChI=1S/C16H17N3O4S/c1-18(2)24(21,22)11-8-9-13-12(10-11)17-16(20)19(13)14-6-4-5-7-15(14)23-3/h4-10H,1-3H3,(H,17,20). The maximum absolute atomic E-state index is 12.4. The van der Waals surface area contributed by atoms with Gasteiger partial charge in [0.2, 0.25) is 10.0 Å². The molecule has 0 radical (unpaired) electrons. The summed E-state index contributed by atoms with van der Waals surface area (Å²) in [4.78, 5) is 15.2. The lowest BCUT2D eigenvalue weighted by Gasteiger charge is -2.12. The number of hydrogen-bond donors (Lipinski definition) is 1. The summed E-state index contributed by atoms with van der Waals surface area (Å²) in [7, 11) is 0.877. The van der Waals surface area contributed by atoms with E-state index in [1.807, 2.05) is 6.07 Å². The fraction of sp³-hybridized carbons (Fsp3) is 0.188. The van der Waals surface area contributed by atoms with Gasteiger partial charge in [0.1, 0.15) is 5.75 Å². The van der Waals surface area contributed by atoms with Crippen LogP contribution in [0.15, 0.2) is 52.2 Å². The Labute approximate surface area is 139 Å². The number of nitrogens with zero attached hydrogens (tertiary/aromatic N) is 2. The smallest absolute Gasteiger partial charge is 0.331 e. The van der Waals surface area contributed by atoms with E-state index in [2.05, 4.69) is 4.98 Å². The molecule has 1 heterocycles. The number of hydrogen-bond acceptors (Lipinski definition) is 4. The zero-order valence-electron chi connectivity index (χ0n) is 13.5. The molecule has 0 amide bonds. The van der Waals surface area contributed by atoms with E-state index in [9.17, 15) is 13.2 Å². The van der Waals surface area contributed by atoms with Gasteiger partial charge in [0.05, 0.1) is 28.7 Å². The average molecular weight is 347 g/mol. The fourth-order valence-corrected chi connectivity index (χ4v) is 3.44. The number of imidazole rings is 1. The average Bonchev–Trinajstić information content (AvgIpc) is 2.89. The monoisotopic (exact) mass is 347 g/mol. The molecule has 2 aromatic carbocycles. The largest absolute Gasteiger partial charge is 0.495 e. The van der Waals surface area contributed by atoms with Crippen LogP contribution >= 0.6 is 0 Å². The highest BCUT2D eigenvalue weighted by Gasteiger charge is 2.19. The van der Waals surface area contributed by atoms with Gasteiger partial charge in [-0.1, -0.05) is 12.1 Å². The first kappa shape index (κ1) is 16.3. The molecule has 0 unspecified atom stereocenters. The lowest BCUT2D eigenvalue weighted by atomic mass is 10.2. The molecule has 8 heteroatoms. The van der Waals surface area contributed by atoms with Crippen LogP contribution in [0.25, 0.3) is 16.7 Å². The van der Waals surface area contributed by atoms with E-state index in [4.69, 9.17) is 4.74 Å². The Morgan fingerprint density at radius 1 is 1.12 bits per heavy atom. The Balaban J connectivity index is 2.26. The Morgan fingerprint density at radius 2 is 1.83 bits per heavy atom. The van der Waals surface area contributed by atoms with Gasteiger partial charge in [-0.05, 0) is 30.3 Å². The molecule has 0 fully saturated rings. The molecule has 0 aliphatic heterocycles. The van der Waals surface area contributed by atoms with Crippen LogP contribution < -0.4 is 10.4 Å². The summed E-state index contributed by atoms with van der Waals surface area (Å²) >= 11 is 0. The molecule has 0 saturated carbocycles. The molecular weight excluding hydrogens is 330 g/mol. The van der Waals surface area contributed by atoms with Gasteiger partial charge in [-0.15, -0.1) is 0 Å². The van der Waals surface area contributed by atoms with Crippen molar-refractivity contribution >= 4 is 21.1 Å². The highest BCUT2D eigenvalue weighted by molar-refractivity contribution is 7.89. The van der Waals surface area contributed by atoms with Crippen molar-refractivity contribution in [1.29, 1.82) is 0 Å².